The SMILES string of the molecule is COc1ccc(C)cc1C1(O)CCN(C2CC2)C1. The maximum absolute atomic E-state index is 10.9. The molecule has 1 saturated heterocycles. The normalized spacial score (nSPS) is 28.6. The van der Waals surface area contributed by atoms with Crippen molar-refractivity contribution in [2.45, 2.75) is 37.8 Å². The van der Waals surface area contributed by atoms with Gasteiger partial charge in [0.1, 0.15) is 11.4 Å². The molecule has 0 spiro atoms. The molecular formula is C15H21NO2. The molecule has 1 aromatic carbocycles. The molecule has 3 nitrogen and oxygen atoms in total. The number of aryl methyl sites for hydroxylation is 1. The standard InChI is InChI=1S/C15H21NO2/c1-11-3-6-14(18-2)13(9-11)15(17)7-8-16(10-15)12-4-5-12/h3,6,9,12,17H,4-5,7-8,10H2,1-2H3. The highest BCUT2D eigenvalue weighted by atomic mass is 16.5. The fraction of sp³-hybridized carbons (Fsp3) is 0.600. The lowest BCUT2D eigenvalue weighted by atomic mass is 9.91. The first-order valence-electron chi connectivity index (χ1n) is 6.74. The lowest BCUT2D eigenvalue weighted by Gasteiger charge is -2.26. The van der Waals surface area contributed by atoms with Gasteiger partial charge in [-0.25, -0.2) is 0 Å². The fourth-order valence-electron chi connectivity index (χ4n) is 2.98. The Kier molecular flexibility index (Phi) is 2.83. The van der Waals surface area contributed by atoms with Crippen LogP contribution >= 0.6 is 0 Å². The van der Waals surface area contributed by atoms with Gasteiger partial charge in [-0.1, -0.05) is 11.6 Å². The average Bonchev–Trinajstić information content (AvgIpc) is 3.13. The zero-order chi connectivity index (χ0) is 12.8. The van der Waals surface area contributed by atoms with E-state index in [-0.39, 0.29) is 0 Å². The number of nitrogens with zero attached hydrogens (tertiary/aromatic N) is 1. The van der Waals surface area contributed by atoms with Crippen molar-refractivity contribution < 1.29 is 9.84 Å². The van der Waals surface area contributed by atoms with Crippen molar-refractivity contribution in [2.24, 2.45) is 0 Å². The highest BCUT2D eigenvalue weighted by Gasteiger charge is 2.44. The number of aliphatic hydroxyl groups is 1. The predicted molar refractivity (Wildman–Crippen MR) is 70.8 cm³/mol. The molecule has 0 radical (unpaired) electrons. The van der Waals surface area contributed by atoms with Crippen molar-refractivity contribution >= 4 is 0 Å². The van der Waals surface area contributed by atoms with Crippen LogP contribution in [0.3, 0.4) is 0 Å². The van der Waals surface area contributed by atoms with E-state index in [0.717, 1.165) is 36.9 Å². The summed E-state index contributed by atoms with van der Waals surface area (Å²) in [6, 6.07) is 6.77. The predicted octanol–water partition coefficient (Wildman–Crippen LogP) is 2.06. The Morgan fingerprint density at radius 3 is 2.83 bits per heavy atom. The Balaban J connectivity index is 1.91. The molecule has 0 amide bonds. The van der Waals surface area contributed by atoms with E-state index in [9.17, 15) is 5.11 Å². The second-order valence-corrected chi connectivity index (χ2v) is 5.69. The molecule has 1 aliphatic heterocycles. The van der Waals surface area contributed by atoms with Crippen LogP contribution < -0.4 is 4.74 Å². The quantitative estimate of drug-likeness (QED) is 0.887. The molecule has 2 aliphatic rings. The number of benzene rings is 1. The summed E-state index contributed by atoms with van der Waals surface area (Å²) in [5, 5.41) is 10.9. The minimum atomic E-state index is -0.736. The van der Waals surface area contributed by atoms with Gasteiger partial charge in [0.25, 0.3) is 0 Å². The molecule has 1 aromatic rings. The minimum absolute atomic E-state index is 0.717. The van der Waals surface area contributed by atoms with E-state index in [1.165, 1.54) is 18.4 Å². The Morgan fingerprint density at radius 2 is 2.17 bits per heavy atom. The van der Waals surface area contributed by atoms with E-state index in [0.29, 0.717) is 0 Å². The smallest absolute Gasteiger partial charge is 0.125 e. The number of β-amino-alcohol motifs (C(OH)–C–C–N with tert-alkyl or cyclic N) is 1. The lowest BCUT2D eigenvalue weighted by Crippen LogP contribution is -2.32. The molecule has 1 atom stereocenters. The number of rotatable bonds is 3. The van der Waals surface area contributed by atoms with E-state index in [2.05, 4.69) is 17.9 Å². The van der Waals surface area contributed by atoms with Gasteiger partial charge in [0.2, 0.25) is 0 Å². The summed E-state index contributed by atoms with van der Waals surface area (Å²) >= 11 is 0. The number of hydrogen-bond donors (Lipinski definition) is 1. The van der Waals surface area contributed by atoms with Gasteiger partial charge < -0.3 is 9.84 Å². The number of methoxy groups -OCH3 is 1. The first kappa shape index (κ1) is 12.0. The van der Waals surface area contributed by atoms with Gasteiger partial charge in [0, 0.05) is 24.7 Å². The summed E-state index contributed by atoms with van der Waals surface area (Å²) in [6.45, 7) is 3.80. The molecule has 98 valence electrons. The molecule has 3 rings (SSSR count). The molecule has 2 fully saturated rings. The van der Waals surface area contributed by atoms with Gasteiger partial charge in [-0.15, -0.1) is 0 Å². The Hall–Kier alpha value is -1.06. The molecular weight excluding hydrogens is 226 g/mol. The number of ether oxygens (including phenoxy) is 1. The Bertz CT molecular complexity index is 456. The summed E-state index contributed by atoms with van der Waals surface area (Å²) in [5.41, 5.74) is 1.39. The monoisotopic (exact) mass is 247 g/mol. The topological polar surface area (TPSA) is 32.7 Å². The van der Waals surface area contributed by atoms with Crippen LogP contribution in [0.15, 0.2) is 18.2 Å². The Morgan fingerprint density at radius 1 is 1.39 bits per heavy atom. The fourth-order valence-corrected chi connectivity index (χ4v) is 2.98. The largest absolute Gasteiger partial charge is 0.496 e. The van der Waals surface area contributed by atoms with Crippen molar-refractivity contribution in [3.63, 3.8) is 0 Å². The highest BCUT2D eigenvalue weighted by Crippen LogP contribution is 2.41. The van der Waals surface area contributed by atoms with E-state index >= 15 is 0 Å². The van der Waals surface area contributed by atoms with Crippen LogP contribution in [0.5, 0.6) is 5.75 Å². The zero-order valence-electron chi connectivity index (χ0n) is 11.1. The van der Waals surface area contributed by atoms with Gasteiger partial charge in [0.15, 0.2) is 0 Å². The summed E-state index contributed by atoms with van der Waals surface area (Å²) in [4.78, 5) is 2.42. The van der Waals surface area contributed by atoms with Crippen LogP contribution in [0.2, 0.25) is 0 Å². The van der Waals surface area contributed by atoms with E-state index in [4.69, 9.17) is 4.74 Å². The second-order valence-electron chi connectivity index (χ2n) is 5.69. The molecule has 3 heteroatoms. The first-order valence-corrected chi connectivity index (χ1v) is 6.74. The third-order valence-corrected chi connectivity index (χ3v) is 4.20. The van der Waals surface area contributed by atoms with E-state index in [1.54, 1.807) is 7.11 Å². The Labute approximate surface area is 108 Å². The molecule has 18 heavy (non-hydrogen) atoms. The molecule has 1 aliphatic carbocycles. The van der Waals surface area contributed by atoms with Gasteiger partial charge in [-0.05, 0) is 38.3 Å². The maximum atomic E-state index is 10.9. The first-order chi connectivity index (χ1) is 8.62. The lowest BCUT2D eigenvalue weighted by molar-refractivity contribution is 0.0427. The highest BCUT2D eigenvalue weighted by molar-refractivity contribution is 5.41. The third-order valence-electron chi connectivity index (χ3n) is 4.20. The van der Waals surface area contributed by atoms with E-state index in [1.807, 2.05) is 12.1 Å². The van der Waals surface area contributed by atoms with Crippen LogP contribution in [-0.4, -0.2) is 36.2 Å². The minimum Gasteiger partial charge on any atom is -0.496 e. The molecule has 1 heterocycles. The van der Waals surface area contributed by atoms with Crippen LogP contribution in [0.25, 0.3) is 0 Å². The molecule has 0 aromatic heterocycles. The molecule has 1 N–H and O–H groups in total. The van der Waals surface area contributed by atoms with Gasteiger partial charge in [0.05, 0.1) is 7.11 Å². The molecule has 1 saturated carbocycles. The summed E-state index contributed by atoms with van der Waals surface area (Å²) in [6.07, 6.45) is 3.39. The zero-order valence-corrected chi connectivity index (χ0v) is 11.1. The van der Waals surface area contributed by atoms with Crippen LogP contribution in [0, 0.1) is 6.92 Å². The summed E-state index contributed by atoms with van der Waals surface area (Å²) in [5.74, 6) is 0.806. The summed E-state index contributed by atoms with van der Waals surface area (Å²) < 4.78 is 5.41. The van der Waals surface area contributed by atoms with Gasteiger partial charge >= 0.3 is 0 Å². The summed E-state index contributed by atoms with van der Waals surface area (Å²) in [7, 11) is 1.67. The van der Waals surface area contributed by atoms with Gasteiger partial charge in [-0.3, -0.25) is 4.90 Å². The molecule has 1 unspecified atom stereocenters. The number of likely N-dealkylation sites (tertiary alicyclic amines) is 1. The van der Waals surface area contributed by atoms with Crippen LogP contribution in [0.4, 0.5) is 0 Å². The van der Waals surface area contributed by atoms with Crippen LogP contribution in [-0.2, 0) is 5.60 Å². The maximum Gasteiger partial charge on any atom is 0.125 e. The molecule has 0 bridgehead atoms. The van der Waals surface area contributed by atoms with Crippen molar-refractivity contribution in [3.8, 4) is 5.75 Å². The second kappa shape index (κ2) is 4.25. The van der Waals surface area contributed by atoms with Crippen molar-refractivity contribution in [3.05, 3.63) is 29.3 Å². The van der Waals surface area contributed by atoms with E-state index < -0.39 is 5.60 Å². The average molecular weight is 247 g/mol. The van der Waals surface area contributed by atoms with Crippen molar-refractivity contribution in [2.75, 3.05) is 20.2 Å². The van der Waals surface area contributed by atoms with Crippen molar-refractivity contribution in [1.29, 1.82) is 0 Å². The third kappa shape index (κ3) is 2.02. The van der Waals surface area contributed by atoms with Crippen LogP contribution in [0.1, 0.15) is 30.4 Å². The van der Waals surface area contributed by atoms with Crippen molar-refractivity contribution in [1.82, 2.24) is 4.90 Å². The number of hydrogen-bond acceptors (Lipinski definition) is 3. The van der Waals surface area contributed by atoms with Gasteiger partial charge in [-0.2, -0.15) is 0 Å².